The molecular weight excluding hydrogens is 450 g/mol. The van der Waals surface area contributed by atoms with Crippen LogP contribution < -0.4 is 20.1 Å². The van der Waals surface area contributed by atoms with Crippen molar-refractivity contribution in [1.29, 1.82) is 0 Å². The van der Waals surface area contributed by atoms with Gasteiger partial charge in [-0.15, -0.1) is 11.3 Å². The molecule has 0 saturated heterocycles. The molecule has 180 valence electrons. The van der Waals surface area contributed by atoms with Gasteiger partial charge in [0.05, 0.1) is 19.4 Å². The van der Waals surface area contributed by atoms with Gasteiger partial charge in [0.1, 0.15) is 0 Å². The van der Waals surface area contributed by atoms with Crippen molar-refractivity contribution >= 4 is 28.3 Å². The maximum atomic E-state index is 12.7. The summed E-state index contributed by atoms with van der Waals surface area (Å²) in [6.07, 6.45) is 3.79. The number of ether oxygens (including phenoxy) is 2. The van der Waals surface area contributed by atoms with Crippen LogP contribution in [0.5, 0.6) is 11.5 Å². The van der Waals surface area contributed by atoms with Crippen LogP contribution in [0.1, 0.15) is 49.0 Å². The van der Waals surface area contributed by atoms with Crippen molar-refractivity contribution in [3.63, 3.8) is 0 Å². The number of carbonyl (C=O) groups is 2. The molecule has 0 atom stereocenters. The zero-order valence-electron chi connectivity index (χ0n) is 19.8. The van der Waals surface area contributed by atoms with E-state index in [9.17, 15) is 9.59 Å². The first-order chi connectivity index (χ1) is 16.5. The highest BCUT2D eigenvalue weighted by atomic mass is 32.1. The summed E-state index contributed by atoms with van der Waals surface area (Å²) in [7, 11) is 1.56. The molecule has 2 aromatic carbocycles. The number of anilines is 1. The van der Waals surface area contributed by atoms with E-state index in [2.05, 4.69) is 34.7 Å². The fourth-order valence-electron chi connectivity index (χ4n) is 3.29. The van der Waals surface area contributed by atoms with Crippen LogP contribution in [0.2, 0.25) is 0 Å². The second-order valence-electron chi connectivity index (χ2n) is 7.84. The molecular formula is C26H31N3O4S. The van der Waals surface area contributed by atoms with Crippen LogP contribution in [0.3, 0.4) is 0 Å². The fraction of sp³-hybridized carbons (Fsp3) is 0.346. The van der Waals surface area contributed by atoms with Crippen molar-refractivity contribution in [2.75, 3.05) is 25.6 Å². The van der Waals surface area contributed by atoms with Gasteiger partial charge in [-0.25, -0.2) is 4.98 Å². The number of nitrogens with one attached hydrogen (secondary N) is 2. The van der Waals surface area contributed by atoms with Crippen molar-refractivity contribution in [3.8, 4) is 22.8 Å². The number of aryl methyl sites for hydroxylation is 1. The van der Waals surface area contributed by atoms with Crippen molar-refractivity contribution in [1.82, 2.24) is 10.3 Å². The van der Waals surface area contributed by atoms with Gasteiger partial charge >= 0.3 is 0 Å². The summed E-state index contributed by atoms with van der Waals surface area (Å²) in [5.41, 5.74) is 3.47. The number of carbonyl (C=O) groups excluding carboxylic acids is 2. The number of methoxy groups -OCH3 is 1. The third-order valence-electron chi connectivity index (χ3n) is 5.17. The number of nitrogens with zero attached hydrogens (tertiary/aromatic N) is 1. The van der Waals surface area contributed by atoms with E-state index in [0.29, 0.717) is 35.3 Å². The molecule has 34 heavy (non-hydrogen) atoms. The lowest BCUT2D eigenvalue weighted by Gasteiger charge is -2.11. The molecule has 0 radical (unpaired) electrons. The number of hydrogen-bond donors (Lipinski definition) is 2. The van der Waals surface area contributed by atoms with Gasteiger partial charge in [-0.05, 0) is 43.0 Å². The van der Waals surface area contributed by atoms with E-state index in [-0.39, 0.29) is 11.8 Å². The average Bonchev–Trinajstić information content (AvgIpc) is 3.30. The predicted molar refractivity (Wildman–Crippen MR) is 136 cm³/mol. The lowest BCUT2D eigenvalue weighted by Crippen LogP contribution is -2.21. The lowest BCUT2D eigenvalue weighted by atomic mass is 10.1. The maximum absolute atomic E-state index is 12.7. The number of unbranched alkanes of at least 4 members (excludes halogenated alkanes) is 1. The smallest absolute Gasteiger partial charge is 0.257 e. The van der Waals surface area contributed by atoms with Gasteiger partial charge in [-0.1, -0.05) is 37.6 Å². The summed E-state index contributed by atoms with van der Waals surface area (Å²) < 4.78 is 11.1. The molecule has 0 spiro atoms. The molecule has 0 aliphatic rings. The highest BCUT2D eigenvalue weighted by Gasteiger charge is 2.14. The molecule has 1 heterocycles. The number of aromatic nitrogens is 1. The normalized spacial score (nSPS) is 10.6. The Morgan fingerprint density at radius 2 is 1.85 bits per heavy atom. The Balaban J connectivity index is 1.59. The summed E-state index contributed by atoms with van der Waals surface area (Å²) in [6.45, 7) is 4.91. The van der Waals surface area contributed by atoms with Gasteiger partial charge < -0.3 is 14.8 Å². The number of thiazole rings is 1. The van der Waals surface area contributed by atoms with Crippen LogP contribution in [0.4, 0.5) is 5.13 Å². The zero-order valence-corrected chi connectivity index (χ0v) is 20.7. The van der Waals surface area contributed by atoms with Crippen LogP contribution >= 0.6 is 11.3 Å². The van der Waals surface area contributed by atoms with E-state index in [1.165, 1.54) is 23.8 Å². The topological polar surface area (TPSA) is 89.5 Å². The highest BCUT2D eigenvalue weighted by Crippen LogP contribution is 2.30. The molecule has 0 saturated carbocycles. The molecule has 8 heteroatoms. The second kappa shape index (κ2) is 12.7. The minimum atomic E-state index is -0.256. The van der Waals surface area contributed by atoms with E-state index in [0.717, 1.165) is 36.9 Å². The van der Waals surface area contributed by atoms with Gasteiger partial charge in [-0.2, -0.15) is 0 Å². The molecule has 2 N–H and O–H groups in total. The zero-order chi connectivity index (χ0) is 24.3. The number of hydrogen-bond acceptors (Lipinski definition) is 6. The SMILES string of the molecule is CCCCOc1ccc(C(=O)Nc2nc(-c3ccc(CCCNC(C)=O)cc3)cs2)cc1OC. The van der Waals surface area contributed by atoms with Gasteiger partial charge in [0, 0.05) is 30.0 Å². The fourth-order valence-corrected chi connectivity index (χ4v) is 4.00. The first-order valence-corrected chi connectivity index (χ1v) is 12.3. The standard InChI is InChI=1S/C26H31N3O4S/c1-4-5-15-33-23-13-12-21(16-24(23)32-3)25(31)29-26-28-22(17-34-26)20-10-8-19(9-11-20)7-6-14-27-18(2)30/h8-13,16-17H,4-7,14-15H2,1-3H3,(H,27,30)(H,28,29,31). The summed E-state index contributed by atoms with van der Waals surface area (Å²) in [5.74, 6) is 0.895. The van der Waals surface area contributed by atoms with Gasteiger partial charge in [0.25, 0.3) is 5.91 Å². The number of amides is 2. The van der Waals surface area contributed by atoms with E-state index >= 15 is 0 Å². The molecule has 0 aliphatic carbocycles. The number of benzene rings is 2. The summed E-state index contributed by atoms with van der Waals surface area (Å²) >= 11 is 1.38. The first-order valence-electron chi connectivity index (χ1n) is 11.4. The first kappa shape index (κ1) is 25.2. The molecule has 0 fully saturated rings. The molecule has 7 nitrogen and oxygen atoms in total. The molecule has 0 unspecified atom stereocenters. The van der Waals surface area contributed by atoms with Crippen molar-refractivity contribution < 1.29 is 19.1 Å². The third-order valence-corrected chi connectivity index (χ3v) is 5.93. The van der Waals surface area contributed by atoms with Crippen LogP contribution in [-0.4, -0.2) is 37.1 Å². The van der Waals surface area contributed by atoms with E-state index in [4.69, 9.17) is 9.47 Å². The van der Waals surface area contributed by atoms with Crippen molar-refractivity contribution in [3.05, 3.63) is 59.0 Å². The van der Waals surface area contributed by atoms with Gasteiger partial charge in [0.15, 0.2) is 16.6 Å². The predicted octanol–water partition coefficient (Wildman–Crippen LogP) is 5.32. The Labute approximate surface area is 204 Å². The molecule has 2 amide bonds. The van der Waals surface area contributed by atoms with E-state index in [1.807, 2.05) is 17.5 Å². The lowest BCUT2D eigenvalue weighted by molar-refractivity contribution is -0.118. The Kier molecular flexibility index (Phi) is 9.46. The molecule has 1 aromatic heterocycles. The van der Waals surface area contributed by atoms with Crippen molar-refractivity contribution in [2.24, 2.45) is 0 Å². The largest absolute Gasteiger partial charge is 0.493 e. The van der Waals surface area contributed by atoms with Crippen molar-refractivity contribution in [2.45, 2.75) is 39.5 Å². The third kappa shape index (κ3) is 7.31. The van der Waals surface area contributed by atoms with E-state index < -0.39 is 0 Å². The second-order valence-corrected chi connectivity index (χ2v) is 8.70. The highest BCUT2D eigenvalue weighted by molar-refractivity contribution is 7.14. The Bertz CT molecular complexity index is 1100. The molecule has 3 rings (SSSR count). The summed E-state index contributed by atoms with van der Waals surface area (Å²) in [6, 6.07) is 13.3. The van der Waals surface area contributed by atoms with Gasteiger partial charge in [-0.3, -0.25) is 14.9 Å². The molecule has 3 aromatic rings. The van der Waals surface area contributed by atoms with Crippen LogP contribution in [0.25, 0.3) is 11.3 Å². The Morgan fingerprint density at radius 3 is 2.56 bits per heavy atom. The summed E-state index contributed by atoms with van der Waals surface area (Å²) in [5, 5.41) is 8.12. The monoisotopic (exact) mass is 481 g/mol. The number of rotatable bonds is 12. The summed E-state index contributed by atoms with van der Waals surface area (Å²) in [4.78, 5) is 28.2. The molecule has 0 aliphatic heterocycles. The van der Waals surface area contributed by atoms with Crippen LogP contribution in [-0.2, 0) is 11.2 Å². The Hall–Kier alpha value is -3.39. The van der Waals surface area contributed by atoms with Crippen LogP contribution in [0.15, 0.2) is 47.8 Å². The van der Waals surface area contributed by atoms with Crippen LogP contribution in [0, 0.1) is 0 Å². The Morgan fingerprint density at radius 1 is 1.06 bits per heavy atom. The maximum Gasteiger partial charge on any atom is 0.257 e. The minimum absolute atomic E-state index is 0.00523. The molecule has 0 bridgehead atoms. The van der Waals surface area contributed by atoms with E-state index in [1.54, 1.807) is 25.3 Å². The average molecular weight is 482 g/mol. The van der Waals surface area contributed by atoms with Gasteiger partial charge in [0.2, 0.25) is 5.91 Å². The minimum Gasteiger partial charge on any atom is -0.493 e. The quantitative estimate of drug-likeness (QED) is 0.342.